The molecule has 2 amide bonds. The maximum Gasteiger partial charge on any atom is 0.313 e. The van der Waals surface area contributed by atoms with Gasteiger partial charge in [0.05, 0.1) is 6.10 Å². The minimum Gasteiger partial charge on any atom is -0.486 e. The number of benzene rings is 1. The highest BCUT2D eigenvalue weighted by Crippen LogP contribution is 2.32. The Labute approximate surface area is 150 Å². The molecule has 1 atom stereocenters. The summed E-state index contributed by atoms with van der Waals surface area (Å²) in [6, 6.07) is 8.56. The summed E-state index contributed by atoms with van der Waals surface area (Å²) in [4.78, 5) is 23.9. The predicted octanol–water partition coefficient (Wildman–Crippen LogP) is 0.975. The molecule has 2 aromatic rings. The lowest BCUT2D eigenvalue weighted by Gasteiger charge is -2.19. The topological polar surface area (TPSA) is 102 Å². The summed E-state index contributed by atoms with van der Waals surface area (Å²) < 4.78 is 12.6. The molecule has 2 heterocycles. The molecule has 0 spiro atoms. The van der Waals surface area contributed by atoms with E-state index in [9.17, 15) is 14.7 Å². The Balaban J connectivity index is 1.47. The number of anilines is 1. The first-order valence-electron chi connectivity index (χ1n) is 8.32. The highest BCUT2D eigenvalue weighted by Gasteiger charge is 2.17. The third-order valence-corrected chi connectivity index (χ3v) is 4.03. The fourth-order valence-corrected chi connectivity index (χ4v) is 2.68. The number of amides is 2. The van der Waals surface area contributed by atoms with Crippen molar-refractivity contribution < 1.29 is 24.2 Å². The number of carbonyl (C=O) groups is 2. The number of nitrogens with zero attached hydrogens (tertiary/aromatic N) is 1. The van der Waals surface area contributed by atoms with Crippen LogP contribution in [0.5, 0.6) is 11.5 Å². The van der Waals surface area contributed by atoms with Gasteiger partial charge in [-0.3, -0.25) is 9.59 Å². The third kappa shape index (κ3) is 4.15. The van der Waals surface area contributed by atoms with Crippen molar-refractivity contribution in [2.75, 3.05) is 25.1 Å². The second-order valence-corrected chi connectivity index (χ2v) is 5.92. The second-order valence-electron chi connectivity index (χ2n) is 5.92. The van der Waals surface area contributed by atoms with Gasteiger partial charge in [-0.05, 0) is 30.7 Å². The van der Waals surface area contributed by atoms with E-state index in [0.717, 1.165) is 5.69 Å². The van der Waals surface area contributed by atoms with Gasteiger partial charge >= 0.3 is 11.8 Å². The van der Waals surface area contributed by atoms with Crippen LogP contribution in [0, 0.1) is 0 Å². The van der Waals surface area contributed by atoms with Crippen molar-refractivity contribution in [3.8, 4) is 11.5 Å². The Bertz CT molecular complexity index is 802. The first-order valence-corrected chi connectivity index (χ1v) is 8.32. The number of hydrogen-bond acceptors (Lipinski definition) is 5. The van der Waals surface area contributed by atoms with E-state index >= 15 is 0 Å². The summed E-state index contributed by atoms with van der Waals surface area (Å²) in [5, 5.41) is 15.1. The van der Waals surface area contributed by atoms with Crippen molar-refractivity contribution in [1.29, 1.82) is 0 Å². The maximum atomic E-state index is 12.0. The molecular weight excluding hydrogens is 338 g/mol. The number of nitrogens with one attached hydrogen (secondary N) is 2. The normalized spacial score (nSPS) is 13.8. The Hall–Kier alpha value is -3.00. The molecule has 0 aliphatic carbocycles. The number of aromatic nitrogens is 1. The highest BCUT2D eigenvalue weighted by atomic mass is 16.6. The lowest BCUT2D eigenvalue weighted by molar-refractivity contribution is -0.136. The molecule has 0 fully saturated rings. The van der Waals surface area contributed by atoms with Crippen LogP contribution in [0.25, 0.3) is 0 Å². The van der Waals surface area contributed by atoms with E-state index in [1.807, 2.05) is 19.3 Å². The molecule has 0 bridgehead atoms. The Morgan fingerprint density at radius 3 is 2.69 bits per heavy atom. The SMILES string of the molecule is Cn1cccc1C(O)CCNC(=O)C(=O)Nc1ccc2c(c1)OCCO2. The van der Waals surface area contributed by atoms with Crippen molar-refractivity contribution in [3.63, 3.8) is 0 Å². The summed E-state index contributed by atoms with van der Waals surface area (Å²) in [6.45, 7) is 1.10. The van der Waals surface area contributed by atoms with Crippen LogP contribution in [0.3, 0.4) is 0 Å². The highest BCUT2D eigenvalue weighted by molar-refractivity contribution is 6.39. The van der Waals surface area contributed by atoms with E-state index in [1.54, 1.807) is 28.8 Å². The average Bonchev–Trinajstić information content (AvgIpc) is 3.07. The van der Waals surface area contributed by atoms with Gasteiger partial charge in [0, 0.05) is 37.2 Å². The fourth-order valence-electron chi connectivity index (χ4n) is 2.68. The number of aryl methyl sites for hydroxylation is 1. The van der Waals surface area contributed by atoms with Crippen molar-refractivity contribution in [3.05, 3.63) is 42.2 Å². The van der Waals surface area contributed by atoms with Gasteiger partial charge in [-0.25, -0.2) is 0 Å². The number of aliphatic hydroxyl groups excluding tert-OH is 1. The number of hydrogen-bond donors (Lipinski definition) is 3. The van der Waals surface area contributed by atoms with Crippen molar-refractivity contribution in [2.45, 2.75) is 12.5 Å². The van der Waals surface area contributed by atoms with Crippen LogP contribution in [0.15, 0.2) is 36.5 Å². The first-order chi connectivity index (χ1) is 12.5. The molecule has 0 saturated heterocycles. The maximum absolute atomic E-state index is 12.0. The number of aliphatic hydroxyl groups is 1. The molecule has 3 N–H and O–H groups in total. The molecule has 1 aliphatic heterocycles. The van der Waals surface area contributed by atoms with Crippen LogP contribution in [-0.2, 0) is 16.6 Å². The van der Waals surface area contributed by atoms with E-state index in [2.05, 4.69) is 10.6 Å². The van der Waals surface area contributed by atoms with Gasteiger partial charge in [0.25, 0.3) is 0 Å². The number of carbonyl (C=O) groups excluding carboxylic acids is 2. The van der Waals surface area contributed by atoms with Crippen LogP contribution in [-0.4, -0.2) is 41.2 Å². The number of rotatable bonds is 5. The van der Waals surface area contributed by atoms with E-state index in [-0.39, 0.29) is 6.54 Å². The third-order valence-electron chi connectivity index (χ3n) is 4.03. The Morgan fingerprint density at radius 2 is 1.96 bits per heavy atom. The summed E-state index contributed by atoms with van der Waals surface area (Å²) in [7, 11) is 1.83. The van der Waals surface area contributed by atoms with E-state index in [4.69, 9.17) is 9.47 Å². The smallest absolute Gasteiger partial charge is 0.313 e. The number of fused-ring (bicyclic) bond motifs is 1. The standard InChI is InChI=1S/C18H21N3O5/c1-21-8-2-3-13(21)14(22)6-7-19-17(23)18(24)20-12-4-5-15-16(11-12)26-10-9-25-15/h2-5,8,11,14,22H,6-7,9-10H2,1H3,(H,19,23)(H,20,24). The largest absolute Gasteiger partial charge is 0.486 e. The van der Waals surface area contributed by atoms with Crippen LogP contribution < -0.4 is 20.1 Å². The summed E-state index contributed by atoms with van der Waals surface area (Å²) >= 11 is 0. The van der Waals surface area contributed by atoms with E-state index < -0.39 is 17.9 Å². The molecule has 1 unspecified atom stereocenters. The molecule has 0 saturated carbocycles. The summed E-state index contributed by atoms with van der Waals surface area (Å²) in [5.74, 6) is -0.414. The lowest BCUT2D eigenvalue weighted by atomic mass is 10.2. The molecule has 8 nitrogen and oxygen atoms in total. The second kappa shape index (κ2) is 7.92. The summed E-state index contributed by atoms with van der Waals surface area (Å²) in [6.07, 6.45) is 1.43. The van der Waals surface area contributed by atoms with Gasteiger partial charge < -0.3 is 29.8 Å². The first kappa shape index (κ1) is 17.8. The van der Waals surface area contributed by atoms with Crippen LogP contribution in [0.2, 0.25) is 0 Å². The van der Waals surface area contributed by atoms with Gasteiger partial charge in [0.1, 0.15) is 13.2 Å². The van der Waals surface area contributed by atoms with E-state index in [0.29, 0.717) is 36.8 Å². The fraction of sp³-hybridized carbons (Fsp3) is 0.333. The molecule has 138 valence electrons. The molecule has 0 radical (unpaired) electrons. The van der Waals surface area contributed by atoms with Crippen molar-refractivity contribution in [2.24, 2.45) is 7.05 Å². The average molecular weight is 359 g/mol. The minimum atomic E-state index is -0.782. The quantitative estimate of drug-likeness (QED) is 0.691. The zero-order valence-electron chi connectivity index (χ0n) is 14.4. The van der Waals surface area contributed by atoms with Gasteiger partial charge in [-0.2, -0.15) is 0 Å². The van der Waals surface area contributed by atoms with Gasteiger partial charge in [0.15, 0.2) is 11.5 Å². The molecular formula is C18H21N3O5. The zero-order chi connectivity index (χ0) is 18.5. The van der Waals surface area contributed by atoms with Crippen molar-refractivity contribution in [1.82, 2.24) is 9.88 Å². The summed E-state index contributed by atoms with van der Waals surface area (Å²) in [5.41, 5.74) is 1.19. The van der Waals surface area contributed by atoms with Gasteiger partial charge in [-0.15, -0.1) is 0 Å². The van der Waals surface area contributed by atoms with E-state index in [1.165, 1.54) is 0 Å². The molecule has 3 rings (SSSR count). The molecule has 1 aliphatic rings. The van der Waals surface area contributed by atoms with Crippen LogP contribution >= 0.6 is 0 Å². The van der Waals surface area contributed by atoms with Gasteiger partial charge in [0.2, 0.25) is 0 Å². The Morgan fingerprint density at radius 1 is 1.19 bits per heavy atom. The lowest BCUT2D eigenvalue weighted by Crippen LogP contribution is -2.36. The van der Waals surface area contributed by atoms with Crippen LogP contribution in [0.4, 0.5) is 5.69 Å². The monoisotopic (exact) mass is 359 g/mol. The van der Waals surface area contributed by atoms with Gasteiger partial charge in [-0.1, -0.05) is 0 Å². The molecule has 8 heteroatoms. The Kier molecular flexibility index (Phi) is 5.43. The molecule has 1 aromatic heterocycles. The number of ether oxygens (including phenoxy) is 2. The van der Waals surface area contributed by atoms with Crippen molar-refractivity contribution >= 4 is 17.5 Å². The molecule has 26 heavy (non-hydrogen) atoms. The zero-order valence-corrected chi connectivity index (χ0v) is 14.4. The minimum absolute atomic E-state index is 0.180. The molecule has 1 aromatic carbocycles. The predicted molar refractivity (Wildman–Crippen MR) is 94.1 cm³/mol. The van der Waals surface area contributed by atoms with Crippen LogP contribution in [0.1, 0.15) is 18.2 Å².